The Kier molecular flexibility index (Phi) is 3.50. The zero-order valence-electron chi connectivity index (χ0n) is 10.4. The number of hydrogen-bond acceptors (Lipinski definition) is 2. The Morgan fingerprint density at radius 2 is 1.94 bits per heavy atom. The van der Waals surface area contributed by atoms with Crippen LogP contribution in [-0.4, -0.2) is 23.8 Å². The Labute approximate surface area is 102 Å². The van der Waals surface area contributed by atoms with Crippen molar-refractivity contribution in [1.29, 1.82) is 0 Å². The predicted octanol–water partition coefficient (Wildman–Crippen LogP) is 2.29. The molecule has 2 rings (SSSR count). The van der Waals surface area contributed by atoms with Gasteiger partial charge in [0.2, 0.25) is 0 Å². The average Bonchev–Trinajstić information content (AvgIpc) is 2.29. The zero-order valence-corrected chi connectivity index (χ0v) is 10.4. The fourth-order valence-corrected chi connectivity index (χ4v) is 2.71. The van der Waals surface area contributed by atoms with Gasteiger partial charge in [-0.3, -0.25) is 0 Å². The van der Waals surface area contributed by atoms with Gasteiger partial charge in [0.25, 0.3) is 0 Å². The van der Waals surface area contributed by atoms with E-state index < -0.39 is 5.60 Å². The quantitative estimate of drug-likeness (QED) is 0.827. The number of nitrogens with one attached hydrogen (secondary N) is 1. The van der Waals surface area contributed by atoms with E-state index in [-0.39, 0.29) is 11.7 Å². The van der Waals surface area contributed by atoms with E-state index in [1.165, 1.54) is 12.1 Å². The summed E-state index contributed by atoms with van der Waals surface area (Å²) in [6, 6.07) is 6.67. The second-order valence-electron chi connectivity index (χ2n) is 5.41. The highest BCUT2D eigenvalue weighted by Gasteiger charge is 2.36. The lowest BCUT2D eigenvalue weighted by Gasteiger charge is -2.40. The summed E-state index contributed by atoms with van der Waals surface area (Å²) in [7, 11) is 0. The fraction of sp³-hybridized carbons (Fsp3) is 0.571. The molecule has 1 aliphatic heterocycles. The smallest absolute Gasteiger partial charge is 0.123 e. The third-order valence-corrected chi connectivity index (χ3v) is 3.69. The Hall–Kier alpha value is -0.930. The molecule has 0 aromatic heterocycles. The lowest BCUT2D eigenvalue weighted by Crippen LogP contribution is -2.46. The van der Waals surface area contributed by atoms with Crippen LogP contribution in [0.25, 0.3) is 0 Å². The Bertz CT molecular complexity index is 369. The van der Waals surface area contributed by atoms with Crippen molar-refractivity contribution in [2.75, 3.05) is 13.1 Å². The van der Waals surface area contributed by atoms with Gasteiger partial charge in [0.1, 0.15) is 5.82 Å². The Balaban J connectivity index is 2.25. The van der Waals surface area contributed by atoms with Crippen molar-refractivity contribution < 1.29 is 9.50 Å². The second kappa shape index (κ2) is 4.75. The molecule has 0 bridgehead atoms. The summed E-state index contributed by atoms with van der Waals surface area (Å²) in [6.07, 6.45) is 0.986. The molecule has 0 radical (unpaired) electrons. The molecule has 1 saturated heterocycles. The van der Waals surface area contributed by atoms with Crippen molar-refractivity contribution in [2.45, 2.75) is 31.8 Å². The van der Waals surface area contributed by atoms with Gasteiger partial charge < -0.3 is 10.4 Å². The first-order valence-electron chi connectivity index (χ1n) is 6.17. The highest BCUT2D eigenvalue weighted by atomic mass is 19.1. The molecule has 2 atom stereocenters. The summed E-state index contributed by atoms with van der Waals surface area (Å²) in [4.78, 5) is 0. The molecule has 0 saturated carbocycles. The van der Waals surface area contributed by atoms with E-state index in [1.54, 1.807) is 0 Å². The zero-order chi connectivity index (χ0) is 12.5. The molecule has 0 unspecified atom stereocenters. The van der Waals surface area contributed by atoms with Crippen LogP contribution in [0.5, 0.6) is 0 Å². The van der Waals surface area contributed by atoms with Crippen molar-refractivity contribution in [3.8, 4) is 0 Å². The first-order valence-corrected chi connectivity index (χ1v) is 6.17. The fourth-order valence-electron chi connectivity index (χ4n) is 2.71. The van der Waals surface area contributed by atoms with Crippen molar-refractivity contribution in [3.63, 3.8) is 0 Å². The third-order valence-electron chi connectivity index (χ3n) is 3.69. The van der Waals surface area contributed by atoms with E-state index >= 15 is 0 Å². The van der Waals surface area contributed by atoms with E-state index in [4.69, 9.17) is 0 Å². The van der Waals surface area contributed by atoms with Crippen LogP contribution in [0, 0.1) is 11.7 Å². The molecule has 1 fully saturated rings. The molecule has 1 aromatic carbocycles. The van der Waals surface area contributed by atoms with Gasteiger partial charge >= 0.3 is 0 Å². The van der Waals surface area contributed by atoms with Gasteiger partial charge in [-0.05, 0) is 50.4 Å². The molecule has 0 amide bonds. The van der Waals surface area contributed by atoms with Gasteiger partial charge in [-0.15, -0.1) is 0 Å². The van der Waals surface area contributed by atoms with Gasteiger partial charge in [0, 0.05) is 12.5 Å². The van der Waals surface area contributed by atoms with Crippen LogP contribution >= 0.6 is 0 Å². The largest absolute Gasteiger partial charge is 0.390 e. The minimum absolute atomic E-state index is 0.168. The number of rotatable bonds is 2. The summed E-state index contributed by atoms with van der Waals surface area (Å²) in [5.74, 6) is 0.265. The van der Waals surface area contributed by atoms with E-state index in [9.17, 15) is 9.50 Å². The second-order valence-corrected chi connectivity index (χ2v) is 5.41. The molecule has 2 nitrogen and oxygen atoms in total. The summed E-state index contributed by atoms with van der Waals surface area (Å²) >= 11 is 0. The lowest BCUT2D eigenvalue weighted by molar-refractivity contribution is -0.00343. The van der Waals surface area contributed by atoms with E-state index in [0.29, 0.717) is 5.92 Å². The topological polar surface area (TPSA) is 32.3 Å². The van der Waals surface area contributed by atoms with Crippen molar-refractivity contribution in [3.05, 3.63) is 35.6 Å². The van der Waals surface area contributed by atoms with Crippen LogP contribution in [0.3, 0.4) is 0 Å². The number of benzene rings is 1. The molecule has 17 heavy (non-hydrogen) atoms. The van der Waals surface area contributed by atoms with Crippen LogP contribution in [0.1, 0.15) is 31.7 Å². The maximum absolute atomic E-state index is 12.9. The third kappa shape index (κ3) is 2.85. The summed E-state index contributed by atoms with van der Waals surface area (Å²) in [5.41, 5.74) is 0.409. The predicted molar refractivity (Wildman–Crippen MR) is 66.4 cm³/mol. The lowest BCUT2D eigenvalue weighted by atomic mass is 9.73. The van der Waals surface area contributed by atoms with E-state index in [0.717, 1.165) is 25.1 Å². The number of piperidine rings is 1. The summed E-state index contributed by atoms with van der Waals surface area (Å²) in [6.45, 7) is 5.46. The number of aliphatic hydroxyl groups is 1. The monoisotopic (exact) mass is 237 g/mol. The number of halogens is 1. The highest BCUT2D eigenvalue weighted by Crippen LogP contribution is 2.36. The average molecular weight is 237 g/mol. The standard InChI is InChI=1S/C14H20FNO/c1-14(2,17)13-9-16-8-7-12(13)10-3-5-11(15)6-4-10/h3-6,12-13,16-17H,7-9H2,1-2H3/t12-,13+/m0/s1. The van der Waals surface area contributed by atoms with Crippen LogP contribution in [0.2, 0.25) is 0 Å². The van der Waals surface area contributed by atoms with Crippen LogP contribution < -0.4 is 5.32 Å². The van der Waals surface area contributed by atoms with Crippen molar-refractivity contribution >= 4 is 0 Å². The van der Waals surface area contributed by atoms with Crippen LogP contribution in [0.15, 0.2) is 24.3 Å². The van der Waals surface area contributed by atoms with Gasteiger partial charge in [0.05, 0.1) is 5.60 Å². The summed E-state index contributed by atoms with van der Waals surface area (Å²) in [5, 5.41) is 13.5. The first kappa shape index (κ1) is 12.5. The summed E-state index contributed by atoms with van der Waals surface area (Å²) < 4.78 is 12.9. The van der Waals surface area contributed by atoms with E-state index in [1.807, 2.05) is 26.0 Å². The molecule has 1 aromatic rings. The van der Waals surface area contributed by atoms with Crippen molar-refractivity contribution in [2.24, 2.45) is 5.92 Å². The molecular formula is C14H20FNO. The van der Waals surface area contributed by atoms with Crippen LogP contribution in [0.4, 0.5) is 4.39 Å². The van der Waals surface area contributed by atoms with Gasteiger partial charge in [-0.25, -0.2) is 4.39 Å². The molecular weight excluding hydrogens is 217 g/mol. The number of hydrogen-bond donors (Lipinski definition) is 2. The minimum Gasteiger partial charge on any atom is -0.390 e. The molecule has 3 heteroatoms. The van der Waals surface area contributed by atoms with Gasteiger partial charge in [-0.2, -0.15) is 0 Å². The van der Waals surface area contributed by atoms with Crippen LogP contribution in [-0.2, 0) is 0 Å². The van der Waals surface area contributed by atoms with Gasteiger partial charge in [0.15, 0.2) is 0 Å². The Morgan fingerprint density at radius 3 is 2.53 bits per heavy atom. The Morgan fingerprint density at radius 1 is 1.29 bits per heavy atom. The maximum Gasteiger partial charge on any atom is 0.123 e. The van der Waals surface area contributed by atoms with E-state index in [2.05, 4.69) is 5.32 Å². The molecule has 1 aliphatic rings. The molecule has 1 heterocycles. The molecule has 94 valence electrons. The minimum atomic E-state index is -0.716. The van der Waals surface area contributed by atoms with Crippen molar-refractivity contribution in [1.82, 2.24) is 5.32 Å². The normalized spacial score (nSPS) is 25.9. The molecule has 0 spiro atoms. The first-order chi connectivity index (χ1) is 7.98. The molecule has 2 N–H and O–H groups in total. The SMILES string of the molecule is CC(C)(O)[C@@H]1CNCC[C@H]1c1ccc(F)cc1. The molecule has 0 aliphatic carbocycles. The maximum atomic E-state index is 12.9. The highest BCUT2D eigenvalue weighted by molar-refractivity contribution is 5.23. The van der Waals surface area contributed by atoms with Gasteiger partial charge in [-0.1, -0.05) is 12.1 Å².